The standard InChI is InChI=1S/C9H9ClN4O/c10-2-1-5-3-6-7(12-4-5)13-9(11)14-8(6)15/h3-4H,1-2H2,(H3,11,12,13,14,15). The Hall–Kier alpha value is -1.62. The molecule has 0 aliphatic rings. The lowest BCUT2D eigenvalue weighted by Crippen LogP contribution is -2.12. The smallest absolute Gasteiger partial charge is 0.261 e. The van der Waals surface area contributed by atoms with Gasteiger partial charge in [-0.3, -0.25) is 9.78 Å². The van der Waals surface area contributed by atoms with Crippen LogP contribution in [-0.4, -0.2) is 20.8 Å². The van der Waals surface area contributed by atoms with E-state index in [0.29, 0.717) is 23.3 Å². The van der Waals surface area contributed by atoms with E-state index >= 15 is 0 Å². The number of pyridine rings is 1. The van der Waals surface area contributed by atoms with Gasteiger partial charge in [0.2, 0.25) is 5.95 Å². The predicted octanol–water partition coefficient (Wildman–Crippen LogP) is 0.682. The predicted molar refractivity (Wildman–Crippen MR) is 59.0 cm³/mol. The highest BCUT2D eigenvalue weighted by Crippen LogP contribution is 2.08. The summed E-state index contributed by atoms with van der Waals surface area (Å²) in [6, 6.07) is 1.73. The quantitative estimate of drug-likeness (QED) is 0.735. The minimum Gasteiger partial charge on any atom is -0.369 e. The van der Waals surface area contributed by atoms with Gasteiger partial charge in [-0.15, -0.1) is 11.6 Å². The van der Waals surface area contributed by atoms with Crippen LogP contribution in [0.2, 0.25) is 0 Å². The number of nitrogens with two attached hydrogens (primary N) is 1. The van der Waals surface area contributed by atoms with Gasteiger partial charge in [-0.1, -0.05) is 0 Å². The fourth-order valence-electron chi connectivity index (χ4n) is 1.33. The highest BCUT2D eigenvalue weighted by atomic mass is 35.5. The van der Waals surface area contributed by atoms with Crippen LogP contribution in [0.3, 0.4) is 0 Å². The second-order valence-corrected chi connectivity index (χ2v) is 3.48. The molecular formula is C9H9ClN4O. The molecule has 0 aliphatic heterocycles. The molecule has 0 fully saturated rings. The van der Waals surface area contributed by atoms with Crippen LogP contribution in [0.1, 0.15) is 5.56 Å². The average Bonchev–Trinajstić information content (AvgIpc) is 2.19. The Labute approximate surface area is 90.3 Å². The van der Waals surface area contributed by atoms with E-state index in [1.54, 1.807) is 12.3 Å². The molecular weight excluding hydrogens is 216 g/mol. The van der Waals surface area contributed by atoms with Crippen LogP contribution in [0.15, 0.2) is 17.1 Å². The number of aryl methyl sites for hydroxylation is 1. The van der Waals surface area contributed by atoms with Gasteiger partial charge in [0.25, 0.3) is 5.56 Å². The normalized spacial score (nSPS) is 10.7. The second-order valence-electron chi connectivity index (χ2n) is 3.10. The number of rotatable bonds is 2. The van der Waals surface area contributed by atoms with Crippen molar-refractivity contribution in [3.8, 4) is 0 Å². The number of anilines is 1. The number of hydrogen-bond acceptors (Lipinski definition) is 4. The Morgan fingerprint density at radius 2 is 2.33 bits per heavy atom. The van der Waals surface area contributed by atoms with E-state index in [1.165, 1.54) is 0 Å². The van der Waals surface area contributed by atoms with Crippen molar-refractivity contribution in [3.63, 3.8) is 0 Å². The maximum atomic E-state index is 11.5. The summed E-state index contributed by atoms with van der Waals surface area (Å²) < 4.78 is 0. The number of aromatic amines is 1. The largest absolute Gasteiger partial charge is 0.369 e. The Morgan fingerprint density at radius 1 is 1.53 bits per heavy atom. The number of nitrogens with zero attached hydrogens (tertiary/aromatic N) is 2. The van der Waals surface area contributed by atoms with E-state index in [0.717, 1.165) is 5.56 Å². The van der Waals surface area contributed by atoms with Crippen molar-refractivity contribution in [1.29, 1.82) is 0 Å². The summed E-state index contributed by atoms with van der Waals surface area (Å²) in [5, 5.41) is 0.437. The number of H-pyrrole nitrogens is 1. The maximum Gasteiger partial charge on any atom is 0.261 e. The van der Waals surface area contributed by atoms with E-state index in [1.807, 2.05) is 0 Å². The lowest BCUT2D eigenvalue weighted by Gasteiger charge is -2.00. The van der Waals surface area contributed by atoms with Gasteiger partial charge in [0.05, 0.1) is 5.39 Å². The molecule has 0 bridgehead atoms. The fraction of sp³-hybridized carbons (Fsp3) is 0.222. The molecule has 0 spiro atoms. The minimum atomic E-state index is -0.276. The molecule has 3 N–H and O–H groups in total. The molecule has 0 radical (unpaired) electrons. The lowest BCUT2D eigenvalue weighted by molar-refractivity contribution is 1.10. The summed E-state index contributed by atoms with van der Waals surface area (Å²) in [7, 11) is 0. The van der Waals surface area contributed by atoms with E-state index < -0.39 is 0 Å². The summed E-state index contributed by atoms with van der Waals surface area (Å²) in [6.07, 6.45) is 2.32. The molecule has 2 aromatic heterocycles. The van der Waals surface area contributed by atoms with Crippen LogP contribution in [-0.2, 0) is 6.42 Å². The van der Waals surface area contributed by atoms with Crippen LogP contribution in [0.25, 0.3) is 11.0 Å². The molecule has 0 saturated heterocycles. The van der Waals surface area contributed by atoms with Gasteiger partial charge in [-0.2, -0.15) is 4.98 Å². The third-order valence-corrected chi connectivity index (χ3v) is 2.21. The molecule has 0 unspecified atom stereocenters. The lowest BCUT2D eigenvalue weighted by atomic mass is 10.2. The molecule has 15 heavy (non-hydrogen) atoms. The Bertz CT molecular complexity index is 551. The van der Waals surface area contributed by atoms with Gasteiger partial charge in [0.15, 0.2) is 5.65 Å². The van der Waals surface area contributed by atoms with Crippen LogP contribution in [0.5, 0.6) is 0 Å². The van der Waals surface area contributed by atoms with Crippen LogP contribution in [0.4, 0.5) is 5.95 Å². The highest BCUT2D eigenvalue weighted by molar-refractivity contribution is 6.18. The first-order valence-corrected chi connectivity index (χ1v) is 4.94. The zero-order chi connectivity index (χ0) is 10.8. The number of nitrogen functional groups attached to an aromatic ring is 1. The van der Waals surface area contributed by atoms with Crippen molar-refractivity contribution in [2.45, 2.75) is 6.42 Å². The SMILES string of the molecule is Nc1nc2ncc(CCCl)cc2c(=O)[nH]1. The van der Waals surface area contributed by atoms with Crippen LogP contribution >= 0.6 is 11.6 Å². The minimum absolute atomic E-state index is 0.0742. The van der Waals surface area contributed by atoms with E-state index in [4.69, 9.17) is 17.3 Å². The number of fused-ring (bicyclic) bond motifs is 1. The van der Waals surface area contributed by atoms with Crippen molar-refractivity contribution in [1.82, 2.24) is 15.0 Å². The van der Waals surface area contributed by atoms with E-state index in [2.05, 4.69) is 15.0 Å². The van der Waals surface area contributed by atoms with Gasteiger partial charge < -0.3 is 5.73 Å². The topological polar surface area (TPSA) is 84.7 Å². The van der Waals surface area contributed by atoms with Crippen molar-refractivity contribution in [3.05, 3.63) is 28.2 Å². The highest BCUT2D eigenvalue weighted by Gasteiger charge is 2.04. The van der Waals surface area contributed by atoms with Gasteiger partial charge in [0.1, 0.15) is 0 Å². The molecule has 0 atom stereocenters. The van der Waals surface area contributed by atoms with Crippen molar-refractivity contribution < 1.29 is 0 Å². The molecule has 0 aliphatic carbocycles. The molecule has 2 heterocycles. The number of nitrogens with one attached hydrogen (secondary N) is 1. The third kappa shape index (κ3) is 1.92. The summed E-state index contributed by atoms with van der Waals surface area (Å²) in [6.45, 7) is 0. The third-order valence-electron chi connectivity index (χ3n) is 2.02. The van der Waals surface area contributed by atoms with Crippen molar-refractivity contribution >= 4 is 28.6 Å². The van der Waals surface area contributed by atoms with Gasteiger partial charge in [0, 0.05) is 12.1 Å². The van der Waals surface area contributed by atoms with Crippen molar-refractivity contribution in [2.24, 2.45) is 0 Å². The maximum absolute atomic E-state index is 11.5. The molecule has 5 nitrogen and oxygen atoms in total. The molecule has 78 valence electrons. The molecule has 0 aromatic carbocycles. The number of hydrogen-bond donors (Lipinski definition) is 2. The molecule has 0 amide bonds. The molecule has 6 heteroatoms. The monoisotopic (exact) mass is 224 g/mol. The summed E-state index contributed by atoms with van der Waals surface area (Å²) in [5.41, 5.74) is 6.38. The van der Waals surface area contributed by atoms with Gasteiger partial charge in [-0.05, 0) is 18.1 Å². The van der Waals surface area contributed by atoms with E-state index in [9.17, 15) is 4.79 Å². The van der Waals surface area contributed by atoms with E-state index in [-0.39, 0.29) is 11.5 Å². The van der Waals surface area contributed by atoms with Gasteiger partial charge >= 0.3 is 0 Å². The van der Waals surface area contributed by atoms with Crippen LogP contribution < -0.4 is 11.3 Å². The molecule has 2 rings (SSSR count). The summed E-state index contributed by atoms with van der Waals surface area (Å²) in [5.74, 6) is 0.568. The molecule has 0 saturated carbocycles. The zero-order valence-corrected chi connectivity index (χ0v) is 8.58. The zero-order valence-electron chi connectivity index (χ0n) is 7.83. The summed E-state index contributed by atoms with van der Waals surface area (Å²) in [4.78, 5) is 21.9. The first kappa shape index (κ1) is 9.92. The first-order chi connectivity index (χ1) is 7.20. The second kappa shape index (κ2) is 3.86. The van der Waals surface area contributed by atoms with Gasteiger partial charge in [-0.25, -0.2) is 4.98 Å². The summed E-state index contributed by atoms with van der Waals surface area (Å²) >= 11 is 5.60. The average molecular weight is 225 g/mol. The number of aromatic nitrogens is 3. The number of alkyl halides is 1. The van der Waals surface area contributed by atoms with Crippen molar-refractivity contribution in [2.75, 3.05) is 11.6 Å². The Kier molecular flexibility index (Phi) is 2.55. The Balaban J connectivity index is 2.66. The fourth-order valence-corrected chi connectivity index (χ4v) is 1.55. The number of halogens is 1. The first-order valence-electron chi connectivity index (χ1n) is 4.41. The van der Waals surface area contributed by atoms with Crippen LogP contribution in [0, 0.1) is 0 Å². The molecule has 2 aromatic rings. The Morgan fingerprint density at radius 3 is 3.07 bits per heavy atom.